The van der Waals surface area contributed by atoms with Crippen LogP contribution >= 0.6 is 0 Å². The third kappa shape index (κ3) is 3.96. The molecule has 2 aliphatic heterocycles. The average Bonchev–Trinajstić information content (AvgIpc) is 3.20. The Morgan fingerprint density at radius 1 is 1.21 bits per heavy atom. The first-order valence-corrected chi connectivity index (χ1v) is 9.88. The highest BCUT2D eigenvalue weighted by Gasteiger charge is 2.34. The minimum absolute atomic E-state index is 0.228. The van der Waals surface area contributed by atoms with E-state index in [1.165, 1.54) is 0 Å². The molecule has 6 heteroatoms. The highest BCUT2D eigenvalue weighted by atomic mass is 16.5. The number of H-pyrrole nitrogens is 1. The van der Waals surface area contributed by atoms with Crippen LogP contribution in [-0.2, 0) is 22.5 Å². The number of nitrogens with one attached hydrogen (secondary N) is 3. The van der Waals surface area contributed by atoms with E-state index in [9.17, 15) is 5.26 Å². The van der Waals surface area contributed by atoms with Gasteiger partial charge in [-0.3, -0.25) is 5.32 Å². The zero-order chi connectivity index (χ0) is 19.6. The van der Waals surface area contributed by atoms with E-state index >= 15 is 0 Å². The molecule has 0 saturated carbocycles. The number of para-hydroxylation sites is 1. The Balaban J connectivity index is 1.72. The number of benzene rings is 1. The number of ether oxygens (including phenoxy) is 2. The molecule has 0 spiro atoms. The number of nitrogens with zero attached hydrogens (tertiary/aromatic N) is 1. The Kier molecular flexibility index (Phi) is 5.21. The minimum Gasteiger partial charge on any atom is -0.375 e. The van der Waals surface area contributed by atoms with Gasteiger partial charge in [-0.25, -0.2) is 4.98 Å². The van der Waals surface area contributed by atoms with Crippen LogP contribution in [0.1, 0.15) is 43.4 Å². The third-order valence-electron chi connectivity index (χ3n) is 5.36. The van der Waals surface area contributed by atoms with E-state index < -0.39 is 0 Å². The van der Waals surface area contributed by atoms with Gasteiger partial charge in [0.2, 0.25) is 11.6 Å². The van der Waals surface area contributed by atoms with Gasteiger partial charge in [0.15, 0.2) is 0 Å². The molecule has 28 heavy (non-hydrogen) atoms. The van der Waals surface area contributed by atoms with Crippen molar-refractivity contribution < 1.29 is 14.5 Å². The standard InChI is InChI=1S/C22H26N4O2/c1-22(2)11-17-18(12-23)21(25-15-7-4-3-5-8-15)26-20(19(17)14-28-22)24-13-16-9-6-10-27-16/h3-5,7-8,16H,6,9-11,13-14H2,1-2H3,(H2,24,25,26)/p+1/t16-/m1/s1. The van der Waals surface area contributed by atoms with E-state index in [1.54, 1.807) is 0 Å². The predicted molar refractivity (Wildman–Crippen MR) is 107 cm³/mol. The van der Waals surface area contributed by atoms with Crippen molar-refractivity contribution in [1.29, 1.82) is 5.26 Å². The Labute approximate surface area is 165 Å². The number of aromatic nitrogens is 1. The third-order valence-corrected chi connectivity index (χ3v) is 5.36. The second-order valence-electron chi connectivity index (χ2n) is 8.05. The molecular weight excluding hydrogens is 352 g/mol. The molecule has 1 fully saturated rings. The lowest BCUT2D eigenvalue weighted by Crippen LogP contribution is -2.36. The van der Waals surface area contributed by atoms with Gasteiger partial charge in [-0.05, 0) is 44.4 Å². The Bertz CT molecular complexity index is 884. The number of nitriles is 1. The van der Waals surface area contributed by atoms with Crippen LogP contribution in [0, 0.1) is 11.3 Å². The number of rotatable bonds is 5. The van der Waals surface area contributed by atoms with Gasteiger partial charge in [0.1, 0.15) is 11.6 Å². The molecule has 6 nitrogen and oxygen atoms in total. The lowest BCUT2D eigenvalue weighted by atomic mass is 9.89. The van der Waals surface area contributed by atoms with Crippen molar-refractivity contribution in [2.45, 2.75) is 51.4 Å². The van der Waals surface area contributed by atoms with Gasteiger partial charge in [0.05, 0.1) is 36.1 Å². The van der Waals surface area contributed by atoms with Crippen molar-refractivity contribution in [2.75, 3.05) is 23.8 Å². The zero-order valence-corrected chi connectivity index (χ0v) is 16.5. The van der Waals surface area contributed by atoms with Gasteiger partial charge in [-0.15, -0.1) is 0 Å². The summed E-state index contributed by atoms with van der Waals surface area (Å²) in [6, 6.07) is 12.3. The van der Waals surface area contributed by atoms with Gasteiger partial charge in [0, 0.05) is 13.0 Å². The molecule has 4 rings (SSSR count). The minimum atomic E-state index is -0.296. The molecule has 0 radical (unpaired) electrons. The number of hydrogen-bond acceptors (Lipinski definition) is 5. The summed E-state index contributed by atoms with van der Waals surface area (Å²) in [6.45, 7) is 6.19. The number of hydrogen-bond donors (Lipinski definition) is 2. The largest absolute Gasteiger partial charge is 0.375 e. The molecule has 1 atom stereocenters. The summed E-state index contributed by atoms with van der Waals surface area (Å²) >= 11 is 0. The highest BCUT2D eigenvalue weighted by molar-refractivity contribution is 5.66. The van der Waals surface area contributed by atoms with Crippen molar-refractivity contribution >= 4 is 17.3 Å². The first-order valence-electron chi connectivity index (χ1n) is 9.88. The monoisotopic (exact) mass is 379 g/mol. The van der Waals surface area contributed by atoms with Crippen molar-refractivity contribution in [2.24, 2.45) is 0 Å². The number of fused-ring (bicyclic) bond motifs is 1. The quantitative estimate of drug-likeness (QED) is 0.830. The van der Waals surface area contributed by atoms with Crippen molar-refractivity contribution in [3.63, 3.8) is 0 Å². The normalized spacial score (nSPS) is 20.2. The van der Waals surface area contributed by atoms with E-state index in [1.807, 2.05) is 30.3 Å². The van der Waals surface area contributed by atoms with Crippen molar-refractivity contribution in [3.8, 4) is 6.07 Å². The molecule has 0 amide bonds. The maximum absolute atomic E-state index is 9.92. The van der Waals surface area contributed by atoms with E-state index in [2.05, 4.69) is 35.5 Å². The van der Waals surface area contributed by atoms with Crippen LogP contribution < -0.4 is 15.6 Å². The molecule has 2 aliphatic rings. The zero-order valence-electron chi connectivity index (χ0n) is 16.5. The predicted octanol–water partition coefficient (Wildman–Crippen LogP) is 3.56. The lowest BCUT2D eigenvalue weighted by molar-refractivity contribution is -0.345. The van der Waals surface area contributed by atoms with E-state index in [0.29, 0.717) is 24.4 Å². The summed E-state index contributed by atoms with van der Waals surface area (Å²) in [6.07, 6.45) is 3.10. The number of aromatic amines is 1. The summed E-state index contributed by atoms with van der Waals surface area (Å²) in [4.78, 5) is 3.41. The van der Waals surface area contributed by atoms with Gasteiger partial charge in [0.25, 0.3) is 0 Å². The van der Waals surface area contributed by atoms with Crippen LogP contribution in [0.15, 0.2) is 30.3 Å². The summed E-state index contributed by atoms with van der Waals surface area (Å²) in [7, 11) is 0. The topological polar surface area (TPSA) is 80.5 Å². The van der Waals surface area contributed by atoms with Crippen molar-refractivity contribution in [3.05, 3.63) is 47.0 Å². The summed E-state index contributed by atoms with van der Waals surface area (Å²) in [5.74, 6) is 1.61. The average molecular weight is 379 g/mol. The molecule has 0 unspecified atom stereocenters. The highest BCUT2D eigenvalue weighted by Crippen LogP contribution is 2.35. The smallest absolute Gasteiger partial charge is 0.242 e. The fraction of sp³-hybridized carbons (Fsp3) is 0.455. The molecule has 1 aromatic heterocycles. The number of pyridine rings is 1. The van der Waals surface area contributed by atoms with Gasteiger partial charge in [-0.2, -0.15) is 5.26 Å². The Morgan fingerprint density at radius 2 is 2.04 bits per heavy atom. The summed E-state index contributed by atoms with van der Waals surface area (Å²) in [5, 5.41) is 16.8. The molecule has 1 aromatic carbocycles. The Hall–Kier alpha value is -2.62. The van der Waals surface area contributed by atoms with Crippen LogP contribution in [0.5, 0.6) is 0 Å². The molecule has 3 heterocycles. The first-order chi connectivity index (χ1) is 13.6. The van der Waals surface area contributed by atoms with E-state index in [0.717, 1.165) is 48.6 Å². The maximum atomic E-state index is 9.92. The molecule has 3 N–H and O–H groups in total. The molecule has 2 aromatic rings. The van der Waals surface area contributed by atoms with Gasteiger partial charge in [-0.1, -0.05) is 18.2 Å². The van der Waals surface area contributed by atoms with E-state index in [4.69, 9.17) is 9.47 Å². The van der Waals surface area contributed by atoms with Gasteiger partial charge >= 0.3 is 0 Å². The summed E-state index contributed by atoms with van der Waals surface area (Å²) < 4.78 is 11.8. The second kappa shape index (κ2) is 7.78. The lowest BCUT2D eigenvalue weighted by Gasteiger charge is -2.32. The van der Waals surface area contributed by atoms with Crippen LogP contribution in [0.4, 0.5) is 17.3 Å². The fourth-order valence-corrected chi connectivity index (χ4v) is 3.87. The van der Waals surface area contributed by atoms with Gasteiger partial charge < -0.3 is 14.8 Å². The van der Waals surface area contributed by atoms with Crippen LogP contribution in [-0.4, -0.2) is 24.9 Å². The Morgan fingerprint density at radius 3 is 2.75 bits per heavy atom. The summed E-state index contributed by atoms with van der Waals surface area (Å²) in [5.41, 5.74) is 3.37. The first kappa shape index (κ1) is 18.7. The van der Waals surface area contributed by atoms with Crippen LogP contribution in [0.25, 0.3) is 0 Å². The molecule has 0 aliphatic carbocycles. The molecule has 1 saturated heterocycles. The van der Waals surface area contributed by atoms with Crippen LogP contribution in [0.3, 0.4) is 0 Å². The van der Waals surface area contributed by atoms with Crippen LogP contribution in [0.2, 0.25) is 0 Å². The molecule has 146 valence electrons. The molecule has 0 bridgehead atoms. The SMILES string of the molecule is CC1(C)Cc2c(C#N)c(Nc3ccccc3)[nH+]c(NC[C@H]3CCCO3)c2CO1. The second-order valence-corrected chi connectivity index (χ2v) is 8.05. The number of anilines is 3. The van der Waals surface area contributed by atoms with Crippen molar-refractivity contribution in [1.82, 2.24) is 0 Å². The maximum Gasteiger partial charge on any atom is 0.242 e. The fourth-order valence-electron chi connectivity index (χ4n) is 3.87. The molecular formula is C22H27N4O2+. The van der Waals surface area contributed by atoms with E-state index in [-0.39, 0.29) is 11.7 Å².